The zero-order valence-electron chi connectivity index (χ0n) is 12.9. The maximum Gasteiger partial charge on any atom is 0.229 e. The highest BCUT2D eigenvalue weighted by Gasteiger charge is 2.22. The van der Waals surface area contributed by atoms with Crippen molar-refractivity contribution < 1.29 is 18.0 Å². The minimum absolute atomic E-state index is 0.0436. The van der Waals surface area contributed by atoms with Gasteiger partial charge in [0.1, 0.15) is 5.75 Å². The first-order valence-corrected chi connectivity index (χ1v) is 8.86. The Morgan fingerprint density at radius 3 is 2.41 bits per heavy atom. The molecule has 0 amide bonds. The topological polar surface area (TPSA) is 93.3 Å². The summed E-state index contributed by atoms with van der Waals surface area (Å²) in [4.78, 5) is 4.05. The van der Waals surface area contributed by atoms with Crippen LogP contribution in [0.5, 0.6) is 0 Å². The number of sulfone groups is 1. The molecule has 1 unspecified atom stereocenters. The third kappa shape index (κ3) is 4.38. The lowest BCUT2D eigenvalue weighted by molar-refractivity contribution is 0.201. The molecule has 120 valence electrons. The molecule has 0 saturated carbocycles. The summed E-state index contributed by atoms with van der Waals surface area (Å²) in [6.07, 6.45) is -1.07. The van der Waals surface area contributed by atoms with Gasteiger partial charge in [-0.1, -0.05) is 48.8 Å². The quantitative estimate of drug-likeness (QED) is 0.875. The summed E-state index contributed by atoms with van der Waals surface area (Å²) in [6.45, 7) is 5.69. The van der Waals surface area contributed by atoms with Crippen molar-refractivity contribution in [2.45, 2.75) is 38.5 Å². The fourth-order valence-electron chi connectivity index (χ4n) is 1.94. The fourth-order valence-corrected chi connectivity index (χ4v) is 3.24. The monoisotopic (exact) mass is 324 g/mol. The van der Waals surface area contributed by atoms with Crippen LogP contribution in [0, 0.1) is 6.92 Å². The van der Waals surface area contributed by atoms with Crippen LogP contribution in [0.25, 0.3) is 0 Å². The van der Waals surface area contributed by atoms with Gasteiger partial charge in [0.15, 0.2) is 15.7 Å². The Bertz CT molecular complexity index is 720. The smallest absolute Gasteiger partial charge is 0.229 e. The maximum atomic E-state index is 12.1. The van der Waals surface area contributed by atoms with Crippen molar-refractivity contribution in [2.24, 2.45) is 0 Å². The molecule has 0 aliphatic heterocycles. The van der Waals surface area contributed by atoms with Gasteiger partial charge in [-0.2, -0.15) is 4.98 Å². The predicted octanol–water partition coefficient (Wildman–Crippen LogP) is 2.15. The van der Waals surface area contributed by atoms with Gasteiger partial charge in [0.25, 0.3) is 0 Å². The molecule has 0 radical (unpaired) electrons. The standard InChI is InChI=1S/C15H20N2O4S/c1-10(2)15-16-14(17-21-15)9-22(19,20)8-13(18)12-6-4-11(3)5-7-12/h4-7,10,13,18H,8-9H2,1-3H3. The molecule has 6 nitrogen and oxygen atoms in total. The average Bonchev–Trinajstić information content (AvgIpc) is 2.86. The molecule has 0 aliphatic rings. The highest BCUT2D eigenvalue weighted by molar-refractivity contribution is 7.90. The number of benzene rings is 1. The van der Waals surface area contributed by atoms with Crippen LogP contribution in [0.2, 0.25) is 0 Å². The van der Waals surface area contributed by atoms with Crippen molar-refractivity contribution >= 4 is 9.84 Å². The first kappa shape index (κ1) is 16.6. The fraction of sp³-hybridized carbons (Fsp3) is 0.467. The van der Waals surface area contributed by atoms with Crippen LogP contribution in [-0.2, 0) is 15.6 Å². The zero-order chi connectivity index (χ0) is 16.3. The van der Waals surface area contributed by atoms with Gasteiger partial charge in [-0.3, -0.25) is 0 Å². The van der Waals surface area contributed by atoms with Crippen LogP contribution >= 0.6 is 0 Å². The highest BCUT2D eigenvalue weighted by atomic mass is 32.2. The lowest BCUT2D eigenvalue weighted by Gasteiger charge is -2.11. The van der Waals surface area contributed by atoms with Gasteiger partial charge >= 0.3 is 0 Å². The minimum Gasteiger partial charge on any atom is -0.387 e. The van der Waals surface area contributed by atoms with Crippen molar-refractivity contribution in [3.8, 4) is 0 Å². The van der Waals surface area contributed by atoms with Crippen LogP contribution in [0.15, 0.2) is 28.8 Å². The second-order valence-corrected chi connectivity index (χ2v) is 7.79. The molecule has 1 heterocycles. The molecule has 2 aromatic rings. The molecule has 1 aromatic heterocycles. The van der Waals surface area contributed by atoms with Crippen molar-refractivity contribution in [2.75, 3.05) is 5.75 Å². The Labute approximate surface area is 130 Å². The highest BCUT2D eigenvalue weighted by Crippen LogP contribution is 2.18. The molecule has 0 fully saturated rings. The number of aliphatic hydroxyl groups is 1. The van der Waals surface area contributed by atoms with Crippen LogP contribution < -0.4 is 0 Å². The van der Waals surface area contributed by atoms with E-state index in [-0.39, 0.29) is 23.2 Å². The van der Waals surface area contributed by atoms with E-state index in [1.165, 1.54) is 0 Å². The third-order valence-electron chi connectivity index (χ3n) is 3.20. The van der Waals surface area contributed by atoms with Gasteiger partial charge in [0, 0.05) is 5.92 Å². The summed E-state index contributed by atoms with van der Waals surface area (Å²) in [6, 6.07) is 7.11. The van der Waals surface area contributed by atoms with Gasteiger partial charge < -0.3 is 9.63 Å². The molecule has 0 aliphatic carbocycles. The Hall–Kier alpha value is -1.73. The van der Waals surface area contributed by atoms with Crippen molar-refractivity contribution in [3.05, 3.63) is 47.1 Å². The summed E-state index contributed by atoms with van der Waals surface area (Å²) in [5.74, 6) is -0.139. The number of aliphatic hydroxyl groups excluding tert-OH is 1. The summed E-state index contributed by atoms with van der Waals surface area (Å²) < 4.78 is 29.3. The number of rotatable bonds is 6. The van der Waals surface area contributed by atoms with E-state index in [1.54, 1.807) is 12.1 Å². The molecule has 1 N–H and O–H groups in total. The summed E-state index contributed by atoms with van der Waals surface area (Å²) in [5.41, 5.74) is 1.62. The molecule has 1 atom stereocenters. The average molecular weight is 324 g/mol. The molecule has 0 saturated heterocycles. The second-order valence-electron chi connectivity index (χ2n) is 5.68. The van der Waals surface area contributed by atoms with Crippen LogP contribution in [0.1, 0.15) is 48.7 Å². The number of hydrogen-bond acceptors (Lipinski definition) is 6. The predicted molar refractivity (Wildman–Crippen MR) is 82.0 cm³/mol. The summed E-state index contributed by atoms with van der Waals surface area (Å²) in [5, 5.41) is 13.7. The van der Waals surface area contributed by atoms with Gasteiger partial charge in [-0.15, -0.1) is 0 Å². The Morgan fingerprint density at radius 2 is 1.86 bits per heavy atom. The molecule has 22 heavy (non-hydrogen) atoms. The van der Waals surface area contributed by atoms with Gasteiger partial charge in [0.05, 0.1) is 11.9 Å². The molecule has 1 aromatic carbocycles. The Balaban J connectivity index is 2.05. The van der Waals surface area contributed by atoms with E-state index in [0.29, 0.717) is 11.5 Å². The molecular formula is C15H20N2O4S. The number of aryl methyl sites for hydroxylation is 1. The van der Waals surface area contributed by atoms with E-state index in [1.807, 2.05) is 32.9 Å². The van der Waals surface area contributed by atoms with Gasteiger partial charge in [-0.25, -0.2) is 8.42 Å². The molecule has 0 bridgehead atoms. The first-order valence-electron chi connectivity index (χ1n) is 7.04. The first-order chi connectivity index (χ1) is 10.3. The maximum absolute atomic E-state index is 12.1. The lowest BCUT2D eigenvalue weighted by atomic mass is 10.1. The molecule has 0 spiro atoms. The Kier molecular flexibility index (Phi) is 4.97. The van der Waals surface area contributed by atoms with E-state index in [2.05, 4.69) is 10.1 Å². The van der Waals surface area contributed by atoms with Crippen molar-refractivity contribution in [1.82, 2.24) is 10.1 Å². The largest absolute Gasteiger partial charge is 0.387 e. The third-order valence-corrected chi connectivity index (χ3v) is 4.72. The van der Waals surface area contributed by atoms with E-state index < -0.39 is 15.9 Å². The summed E-state index contributed by atoms with van der Waals surface area (Å²) in [7, 11) is -3.54. The van der Waals surface area contributed by atoms with E-state index in [4.69, 9.17) is 4.52 Å². The number of hydrogen-bond donors (Lipinski definition) is 1. The molecular weight excluding hydrogens is 304 g/mol. The zero-order valence-corrected chi connectivity index (χ0v) is 13.7. The lowest BCUT2D eigenvalue weighted by Crippen LogP contribution is -2.17. The SMILES string of the molecule is Cc1ccc(C(O)CS(=O)(=O)Cc2noc(C(C)C)n2)cc1. The van der Waals surface area contributed by atoms with Crippen molar-refractivity contribution in [1.29, 1.82) is 0 Å². The van der Waals surface area contributed by atoms with E-state index >= 15 is 0 Å². The summed E-state index contributed by atoms with van der Waals surface area (Å²) >= 11 is 0. The van der Waals surface area contributed by atoms with Gasteiger partial charge in [0.2, 0.25) is 5.89 Å². The normalized spacial score (nSPS) is 13.5. The van der Waals surface area contributed by atoms with E-state index in [9.17, 15) is 13.5 Å². The number of nitrogens with zero attached hydrogens (tertiary/aromatic N) is 2. The van der Waals surface area contributed by atoms with Gasteiger partial charge in [-0.05, 0) is 12.5 Å². The molecule has 2 rings (SSSR count). The minimum atomic E-state index is -3.54. The Morgan fingerprint density at radius 1 is 1.23 bits per heavy atom. The molecule has 7 heteroatoms. The second kappa shape index (κ2) is 6.58. The van der Waals surface area contributed by atoms with Crippen LogP contribution in [0.3, 0.4) is 0 Å². The van der Waals surface area contributed by atoms with E-state index in [0.717, 1.165) is 5.56 Å². The van der Waals surface area contributed by atoms with Crippen LogP contribution in [-0.4, -0.2) is 29.4 Å². The van der Waals surface area contributed by atoms with Crippen molar-refractivity contribution in [3.63, 3.8) is 0 Å². The van der Waals surface area contributed by atoms with Crippen LogP contribution in [0.4, 0.5) is 0 Å². The number of aromatic nitrogens is 2.